The number of hydrogen-bond acceptors (Lipinski definition) is 8. The van der Waals surface area contributed by atoms with Crippen molar-refractivity contribution in [1.29, 1.82) is 0 Å². The number of anilines is 1. The van der Waals surface area contributed by atoms with Gasteiger partial charge in [0, 0.05) is 23.9 Å². The van der Waals surface area contributed by atoms with E-state index in [0.29, 0.717) is 39.9 Å². The van der Waals surface area contributed by atoms with Crippen LogP contribution in [-0.2, 0) is 5.41 Å². The Hall–Kier alpha value is -4.41. The third-order valence-corrected chi connectivity index (χ3v) is 5.34. The van der Waals surface area contributed by atoms with Gasteiger partial charge in [-0.15, -0.1) is 5.10 Å². The first-order valence-corrected chi connectivity index (χ1v) is 10.7. The number of pyridine rings is 1. The molecule has 1 amide bonds. The molecule has 0 saturated heterocycles. The summed E-state index contributed by atoms with van der Waals surface area (Å²) < 4.78 is 8.85. The minimum Gasteiger partial charge on any atom is -0.359 e. The predicted octanol–water partition coefficient (Wildman–Crippen LogP) is 3.53. The Morgan fingerprint density at radius 2 is 1.85 bits per heavy atom. The van der Waals surface area contributed by atoms with Gasteiger partial charge in [0.15, 0.2) is 11.5 Å². The van der Waals surface area contributed by atoms with E-state index in [2.05, 4.69) is 35.7 Å². The maximum atomic E-state index is 12.8. The molecule has 34 heavy (non-hydrogen) atoms. The summed E-state index contributed by atoms with van der Waals surface area (Å²) in [4.78, 5) is 25.9. The van der Waals surface area contributed by atoms with E-state index in [4.69, 9.17) is 4.52 Å². The monoisotopic (exact) mass is 457 g/mol. The highest BCUT2D eigenvalue weighted by atomic mass is 16.5. The van der Waals surface area contributed by atoms with Crippen LogP contribution in [-0.4, -0.2) is 45.4 Å². The molecule has 5 aromatic rings. The van der Waals surface area contributed by atoms with Crippen molar-refractivity contribution >= 4 is 17.4 Å². The number of carbonyl (C=O) groups is 1. The van der Waals surface area contributed by atoms with Crippen LogP contribution in [0.15, 0.2) is 47.6 Å². The number of nitrogens with one attached hydrogen (secondary N) is 1. The Kier molecular flexibility index (Phi) is 4.96. The number of amides is 1. The zero-order chi connectivity index (χ0) is 24.0. The lowest BCUT2D eigenvalue weighted by molar-refractivity contribution is 0.102. The number of hydrogen-bond donors (Lipinski definition) is 1. The number of carbonyl (C=O) groups excluding carboxylic acids is 1. The largest absolute Gasteiger partial charge is 0.359 e. The van der Waals surface area contributed by atoms with Gasteiger partial charge in [0.05, 0.1) is 46.9 Å². The van der Waals surface area contributed by atoms with Crippen molar-refractivity contribution in [2.24, 2.45) is 0 Å². The van der Waals surface area contributed by atoms with Crippen LogP contribution in [0.4, 0.5) is 5.82 Å². The zero-order valence-corrected chi connectivity index (χ0v) is 19.4. The van der Waals surface area contributed by atoms with Crippen LogP contribution >= 0.6 is 0 Å². The molecule has 0 unspecified atom stereocenters. The molecular weight excluding hydrogens is 434 g/mol. The number of nitrogens with zero attached hydrogens (tertiary/aromatic N) is 8. The van der Waals surface area contributed by atoms with Crippen molar-refractivity contribution in [2.75, 3.05) is 5.32 Å². The Morgan fingerprint density at radius 1 is 1.03 bits per heavy atom. The van der Waals surface area contributed by atoms with Gasteiger partial charge >= 0.3 is 0 Å². The number of rotatable bonds is 4. The van der Waals surface area contributed by atoms with E-state index in [-0.39, 0.29) is 11.3 Å². The summed E-state index contributed by atoms with van der Waals surface area (Å²) in [6.45, 7) is 9.77. The van der Waals surface area contributed by atoms with Crippen molar-refractivity contribution in [1.82, 2.24) is 39.5 Å². The lowest BCUT2D eigenvalue weighted by atomic mass is 9.93. The van der Waals surface area contributed by atoms with Crippen LogP contribution in [0.25, 0.3) is 22.7 Å². The van der Waals surface area contributed by atoms with Gasteiger partial charge in [-0.05, 0) is 19.9 Å². The van der Waals surface area contributed by atoms with Crippen molar-refractivity contribution in [3.8, 4) is 17.1 Å². The van der Waals surface area contributed by atoms with Crippen LogP contribution in [0.1, 0.15) is 48.3 Å². The molecule has 0 aliphatic carbocycles. The minimum atomic E-state index is -0.354. The summed E-state index contributed by atoms with van der Waals surface area (Å²) in [5.41, 5.74) is 4.46. The van der Waals surface area contributed by atoms with Crippen LogP contribution in [0, 0.1) is 13.8 Å². The third-order valence-electron chi connectivity index (χ3n) is 5.34. The number of imidazole rings is 1. The first-order valence-electron chi connectivity index (χ1n) is 10.7. The molecule has 11 heteroatoms. The molecule has 172 valence electrons. The fraction of sp³-hybridized carbons (Fsp3) is 0.261. The molecule has 1 N–H and O–H groups in total. The van der Waals surface area contributed by atoms with Gasteiger partial charge in [-0.3, -0.25) is 19.2 Å². The molecule has 5 rings (SSSR count). The quantitative estimate of drug-likeness (QED) is 0.434. The number of aryl methyl sites for hydroxylation is 2. The van der Waals surface area contributed by atoms with Gasteiger partial charge < -0.3 is 9.84 Å². The number of fused-ring (bicyclic) bond motifs is 1. The maximum Gasteiger partial charge on any atom is 0.258 e. The van der Waals surface area contributed by atoms with E-state index in [0.717, 1.165) is 11.4 Å². The Bertz CT molecular complexity index is 1520. The molecule has 0 aliphatic rings. The second kappa shape index (κ2) is 7.87. The van der Waals surface area contributed by atoms with Crippen LogP contribution in [0.5, 0.6) is 0 Å². The first kappa shape index (κ1) is 21.4. The summed E-state index contributed by atoms with van der Waals surface area (Å²) in [6.07, 6.45) is 8.61. The summed E-state index contributed by atoms with van der Waals surface area (Å²) in [7, 11) is 0. The molecule has 5 aromatic heterocycles. The number of aromatic nitrogens is 8. The molecule has 0 saturated carbocycles. The van der Waals surface area contributed by atoms with E-state index in [1.54, 1.807) is 35.4 Å². The minimum absolute atomic E-state index is 0.213. The van der Waals surface area contributed by atoms with Crippen molar-refractivity contribution in [3.05, 3.63) is 65.8 Å². The highest BCUT2D eigenvalue weighted by Gasteiger charge is 2.21. The highest BCUT2D eigenvalue weighted by Crippen LogP contribution is 2.25. The second-order valence-electron chi connectivity index (χ2n) is 9.06. The summed E-state index contributed by atoms with van der Waals surface area (Å²) in [5, 5.41) is 15.3. The lowest BCUT2D eigenvalue weighted by Gasteiger charge is -2.12. The van der Waals surface area contributed by atoms with Crippen LogP contribution in [0.3, 0.4) is 0 Å². The fourth-order valence-corrected chi connectivity index (χ4v) is 3.43. The topological polar surface area (TPSA) is 129 Å². The molecule has 5 heterocycles. The highest BCUT2D eigenvalue weighted by molar-refractivity contribution is 6.03. The van der Waals surface area contributed by atoms with E-state index >= 15 is 0 Å². The molecule has 11 nitrogen and oxygen atoms in total. The second-order valence-corrected chi connectivity index (χ2v) is 9.06. The van der Waals surface area contributed by atoms with Crippen molar-refractivity contribution in [2.45, 2.75) is 40.0 Å². The van der Waals surface area contributed by atoms with Gasteiger partial charge in [-0.1, -0.05) is 31.1 Å². The Labute approximate surface area is 194 Å². The SMILES string of the molecule is Cc1cn2c(-c3cn(-c4cc(C(=O)Nc5cc(C(C)(C)C)on5)cnc4C)nn3)cnc2cn1. The maximum absolute atomic E-state index is 12.8. The molecular formula is C23H23N9O2. The zero-order valence-electron chi connectivity index (χ0n) is 19.4. The van der Waals surface area contributed by atoms with E-state index in [1.165, 1.54) is 6.20 Å². The van der Waals surface area contributed by atoms with Crippen molar-refractivity contribution < 1.29 is 9.32 Å². The van der Waals surface area contributed by atoms with Gasteiger partial charge in [0.25, 0.3) is 5.91 Å². The predicted molar refractivity (Wildman–Crippen MR) is 124 cm³/mol. The summed E-state index contributed by atoms with van der Waals surface area (Å²) in [5.74, 6) is 0.670. The van der Waals surface area contributed by atoms with Crippen LogP contribution in [0.2, 0.25) is 0 Å². The van der Waals surface area contributed by atoms with Crippen LogP contribution < -0.4 is 5.32 Å². The molecule has 0 aliphatic heterocycles. The lowest BCUT2D eigenvalue weighted by Crippen LogP contribution is -2.14. The van der Waals surface area contributed by atoms with E-state index in [1.807, 2.05) is 45.2 Å². The van der Waals surface area contributed by atoms with Gasteiger partial charge in [-0.2, -0.15) is 0 Å². The summed E-state index contributed by atoms with van der Waals surface area (Å²) >= 11 is 0. The normalized spacial score (nSPS) is 11.8. The van der Waals surface area contributed by atoms with Crippen molar-refractivity contribution in [3.63, 3.8) is 0 Å². The van der Waals surface area contributed by atoms with E-state index < -0.39 is 0 Å². The Morgan fingerprint density at radius 3 is 2.62 bits per heavy atom. The molecule has 0 spiro atoms. The first-order chi connectivity index (χ1) is 16.2. The third kappa shape index (κ3) is 3.91. The van der Waals surface area contributed by atoms with Gasteiger partial charge in [0.1, 0.15) is 11.5 Å². The van der Waals surface area contributed by atoms with Gasteiger partial charge in [0.2, 0.25) is 0 Å². The summed E-state index contributed by atoms with van der Waals surface area (Å²) in [6, 6.07) is 3.43. The average Bonchev–Trinajstić information content (AvgIpc) is 3.52. The smallest absolute Gasteiger partial charge is 0.258 e. The standard InChI is InChI=1S/C23H23N9O2/c1-13-11-31-18(9-26-21(31)10-24-13)16-12-32(30-28-16)17-6-15(8-25-14(17)2)22(33)27-20-7-19(34-29-20)23(3,4)5/h6-12H,1-5H3,(H,27,29,33). The molecule has 0 fully saturated rings. The van der Waals surface area contributed by atoms with E-state index in [9.17, 15) is 4.79 Å². The molecule has 0 bridgehead atoms. The molecule has 0 radical (unpaired) electrons. The molecule has 0 atom stereocenters. The molecule has 0 aromatic carbocycles. The average molecular weight is 457 g/mol. The Balaban J connectivity index is 1.43. The fourth-order valence-electron chi connectivity index (χ4n) is 3.43. The van der Waals surface area contributed by atoms with Gasteiger partial charge in [-0.25, -0.2) is 9.67 Å².